The minimum absolute atomic E-state index is 0.328. The van der Waals surface area contributed by atoms with Crippen molar-refractivity contribution < 1.29 is 19.0 Å². The lowest BCUT2D eigenvalue weighted by Gasteiger charge is -2.12. The molecule has 3 rings (SSSR count). The number of rotatable bonds is 7. The zero-order chi connectivity index (χ0) is 19.1. The van der Waals surface area contributed by atoms with Crippen LogP contribution < -0.4 is 24.8 Å². The van der Waals surface area contributed by atoms with Crippen molar-refractivity contribution in [3.8, 4) is 17.2 Å². The molecule has 7 nitrogen and oxygen atoms in total. The van der Waals surface area contributed by atoms with Crippen molar-refractivity contribution in [3.05, 3.63) is 54.7 Å². The zero-order valence-electron chi connectivity index (χ0n) is 15.2. The fraction of sp³-hybridized carbons (Fsp3) is 0.200. The first kappa shape index (κ1) is 18.3. The Labute approximate surface area is 157 Å². The highest BCUT2D eigenvalue weighted by Gasteiger charge is 2.07. The first-order valence-corrected chi connectivity index (χ1v) is 8.44. The third-order valence-electron chi connectivity index (χ3n) is 3.88. The molecule has 1 heterocycles. The van der Waals surface area contributed by atoms with Crippen LogP contribution >= 0.6 is 0 Å². The molecule has 0 unspecified atom stereocenters. The largest absolute Gasteiger partial charge is 0.493 e. The summed E-state index contributed by atoms with van der Waals surface area (Å²) in [4.78, 5) is 16.4. The van der Waals surface area contributed by atoms with Gasteiger partial charge < -0.3 is 24.8 Å². The molecule has 7 heteroatoms. The van der Waals surface area contributed by atoms with Crippen molar-refractivity contribution >= 4 is 22.6 Å². The summed E-state index contributed by atoms with van der Waals surface area (Å²) in [6, 6.07) is 14.4. The molecule has 0 saturated carbocycles. The Morgan fingerprint density at radius 2 is 1.81 bits per heavy atom. The number of carbonyl (C=O) groups excluding carboxylic acids is 1. The molecule has 2 amide bonds. The topological polar surface area (TPSA) is 81.7 Å². The van der Waals surface area contributed by atoms with Crippen molar-refractivity contribution in [2.45, 2.75) is 0 Å². The fourth-order valence-electron chi connectivity index (χ4n) is 2.61. The minimum atomic E-state index is -0.332. The van der Waals surface area contributed by atoms with Crippen molar-refractivity contribution in [3.63, 3.8) is 0 Å². The number of para-hydroxylation sites is 1. The molecule has 140 valence electrons. The van der Waals surface area contributed by atoms with Crippen LogP contribution in [0.1, 0.15) is 0 Å². The van der Waals surface area contributed by atoms with Crippen LogP contribution in [-0.2, 0) is 0 Å². The summed E-state index contributed by atoms with van der Waals surface area (Å²) in [5.41, 5.74) is 1.40. The minimum Gasteiger partial charge on any atom is -0.493 e. The van der Waals surface area contributed by atoms with Crippen LogP contribution in [0.5, 0.6) is 17.2 Å². The van der Waals surface area contributed by atoms with Crippen LogP contribution in [-0.4, -0.2) is 38.4 Å². The lowest BCUT2D eigenvalue weighted by atomic mass is 10.2. The van der Waals surface area contributed by atoms with E-state index in [2.05, 4.69) is 15.6 Å². The van der Waals surface area contributed by atoms with E-state index in [0.717, 1.165) is 10.9 Å². The Hall–Kier alpha value is -3.48. The first-order chi connectivity index (χ1) is 13.2. The van der Waals surface area contributed by atoms with E-state index in [1.165, 1.54) is 0 Å². The molecule has 3 aromatic rings. The molecular formula is C20H21N3O4. The number of carbonyl (C=O) groups is 1. The summed E-state index contributed by atoms with van der Waals surface area (Å²) in [6.45, 7) is 0.678. The summed E-state index contributed by atoms with van der Waals surface area (Å²) in [6.07, 6.45) is 1.73. The number of hydrogen-bond acceptors (Lipinski definition) is 5. The third kappa shape index (κ3) is 4.58. The Bertz CT molecular complexity index is 925. The van der Waals surface area contributed by atoms with Gasteiger partial charge in [0.2, 0.25) is 0 Å². The molecule has 27 heavy (non-hydrogen) atoms. The maximum Gasteiger partial charge on any atom is 0.319 e. The van der Waals surface area contributed by atoms with Crippen molar-refractivity contribution in [1.29, 1.82) is 0 Å². The lowest BCUT2D eigenvalue weighted by Crippen LogP contribution is -2.32. The molecule has 0 saturated heterocycles. The SMILES string of the molecule is COc1ccc(NC(=O)NCCOc2cccc3cccnc23)cc1OC. The van der Waals surface area contributed by atoms with Gasteiger partial charge in [-0.05, 0) is 24.3 Å². The van der Waals surface area contributed by atoms with Crippen molar-refractivity contribution in [1.82, 2.24) is 10.3 Å². The van der Waals surface area contributed by atoms with Gasteiger partial charge in [0.1, 0.15) is 17.9 Å². The van der Waals surface area contributed by atoms with E-state index in [4.69, 9.17) is 14.2 Å². The highest BCUT2D eigenvalue weighted by molar-refractivity contribution is 5.89. The predicted octanol–water partition coefficient (Wildman–Crippen LogP) is 3.45. The van der Waals surface area contributed by atoms with Gasteiger partial charge in [-0.25, -0.2) is 4.79 Å². The highest BCUT2D eigenvalue weighted by atomic mass is 16.5. The van der Waals surface area contributed by atoms with Crippen LogP contribution in [0, 0.1) is 0 Å². The lowest BCUT2D eigenvalue weighted by molar-refractivity contribution is 0.247. The summed E-state index contributed by atoms with van der Waals surface area (Å²) >= 11 is 0. The first-order valence-electron chi connectivity index (χ1n) is 8.44. The van der Waals surface area contributed by atoms with Gasteiger partial charge in [0.15, 0.2) is 11.5 Å². The number of urea groups is 1. The summed E-state index contributed by atoms with van der Waals surface area (Å²) < 4.78 is 16.1. The average molecular weight is 367 g/mol. The van der Waals surface area contributed by atoms with Crippen LogP contribution in [0.3, 0.4) is 0 Å². The number of pyridine rings is 1. The Balaban J connectivity index is 1.50. The van der Waals surface area contributed by atoms with Gasteiger partial charge in [-0.3, -0.25) is 4.98 Å². The van der Waals surface area contributed by atoms with Gasteiger partial charge in [-0.15, -0.1) is 0 Å². The summed E-state index contributed by atoms with van der Waals surface area (Å²) in [7, 11) is 3.10. The average Bonchev–Trinajstić information content (AvgIpc) is 2.71. The highest BCUT2D eigenvalue weighted by Crippen LogP contribution is 2.29. The normalized spacial score (nSPS) is 10.3. The molecule has 0 radical (unpaired) electrons. The Morgan fingerprint density at radius 1 is 1.00 bits per heavy atom. The Kier molecular flexibility index (Phi) is 5.94. The van der Waals surface area contributed by atoms with Crippen molar-refractivity contribution in [2.75, 3.05) is 32.7 Å². The van der Waals surface area contributed by atoms with Crippen molar-refractivity contribution in [2.24, 2.45) is 0 Å². The quantitative estimate of drug-likeness (QED) is 0.625. The number of nitrogens with zero attached hydrogens (tertiary/aromatic N) is 1. The van der Waals surface area contributed by atoms with E-state index in [1.54, 1.807) is 38.6 Å². The maximum absolute atomic E-state index is 12.0. The van der Waals surface area contributed by atoms with E-state index in [1.807, 2.05) is 30.3 Å². The van der Waals surface area contributed by atoms with Gasteiger partial charge in [0.25, 0.3) is 0 Å². The maximum atomic E-state index is 12.0. The number of fused-ring (bicyclic) bond motifs is 1. The molecule has 1 aromatic heterocycles. The van der Waals surface area contributed by atoms with E-state index in [-0.39, 0.29) is 6.03 Å². The van der Waals surface area contributed by atoms with Gasteiger partial charge in [-0.2, -0.15) is 0 Å². The van der Waals surface area contributed by atoms with E-state index in [0.29, 0.717) is 36.1 Å². The standard InChI is InChI=1S/C20H21N3O4/c1-25-16-9-8-15(13-18(16)26-2)23-20(24)22-11-12-27-17-7-3-5-14-6-4-10-21-19(14)17/h3-10,13H,11-12H2,1-2H3,(H2,22,23,24). The number of amides is 2. The van der Waals surface area contributed by atoms with E-state index in [9.17, 15) is 4.79 Å². The fourth-order valence-corrected chi connectivity index (χ4v) is 2.61. The second kappa shape index (κ2) is 8.75. The molecule has 0 aliphatic rings. The van der Waals surface area contributed by atoms with Crippen LogP contribution in [0.15, 0.2) is 54.7 Å². The number of aromatic nitrogens is 1. The van der Waals surface area contributed by atoms with E-state index < -0.39 is 0 Å². The van der Waals surface area contributed by atoms with Gasteiger partial charge >= 0.3 is 6.03 Å². The number of nitrogens with one attached hydrogen (secondary N) is 2. The molecule has 2 N–H and O–H groups in total. The number of ether oxygens (including phenoxy) is 3. The van der Waals surface area contributed by atoms with Gasteiger partial charge in [0.05, 0.1) is 20.8 Å². The number of hydrogen-bond donors (Lipinski definition) is 2. The molecule has 0 spiro atoms. The van der Waals surface area contributed by atoms with Gasteiger partial charge in [-0.1, -0.05) is 18.2 Å². The monoisotopic (exact) mass is 367 g/mol. The number of anilines is 1. The second-order valence-corrected chi connectivity index (χ2v) is 5.63. The molecule has 0 aliphatic heterocycles. The smallest absolute Gasteiger partial charge is 0.319 e. The molecular weight excluding hydrogens is 346 g/mol. The zero-order valence-corrected chi connectivity index (χ0v) is 15.2. The van der Waals surface area contributed by atoms with Gasteiger partial charge in [0, 0.05) is 23.3 Å². The van der Waals surface area contributed by atoms with E-state index >= 15 is 0 Å². The van der Waals surface area contributed by atoms with Crippen LogP contribution in [0.25, 0.3) is 10.9 Å². The number of methoxy groups -OCH3 is 2. The molecule has 0 fully saturated rings. The Morgan fingerprint density at radius 3 is 2.63 bits per heavy atom. The summed E-state index contributed by atoms with van der Waals surface area (Å²) in [5.74, 6) is 1.83. The van der Waals surface area contributed by atoms with Crippen LogP contribution in [0.4, 0.5) is 10.5 Å². The molecule has 2 aromatic carbocycles. The molecule has 0 atom stereocenters. The molecule has 0 aliphatic carbocycles. The summed E-state index contributed by atoms with van der Waals surface area (Å²) in [5, 5.41) is 6.50. The second-order valence-electron chi connectivity index (χ2n) is 5.63. The predicted molar refractivity (Wildman–Crippen MR) is 104 cm³/mol. The van der Waals surface area contributed by atoms with Crippen LogP contribution in [0.2, 0.25) is 0 Å². The number of benzene rings is 2. The third-order valence-corrected chi connectivity index (χ3v) is 3.88. The molecule has 0 bridgehead atoms.